The number of hydrogen-bond acceptors (Lipinski definition) is 2. The maximum Gasteiger partial charge on any atom is 0.308 e. The fourth-order valence-corrected chi connectivity index (χ4v) is 3.50. The van der Waals surface area contributed by atoms with Gasteiger partial charge in [0.15, 0.2) is 0 Å². The molecule has 0 spiro atoms. The van der Waals surface area contributed by atoms with Crippen LogP contribution < -0.4 is 0 Å². The molecule has 0 aromatic heterocycles. The molecule has 1 aliphatic rings. The van der Waals surface area contributed by atoms with Crippen LogP contribution in [0.1, 0.15) is 37.8 Å². The fourth-order valence-electron chi connectivity index (χ4n) is 2.84. The van der Waals surface area contributed by atoms with Crippen molar-refractivity contribution in [3.05, 3.63) is 33.3 Å². The molecule has 2 rings (SSSR count). The van der Waals surface area contributed by atoms with Crippen molar-refractivity contribution in [2.45, 2.75) is 32.2 Å². The number of amides is 1. The maximum atomic E-state index is 12.2. The largest absolute Gasteiger partial charge is 0.481 e. The molecule has 1 fully saturated rings. The number of rotatable bonds is 4. The average Bonchev–Trinajstić information content (AvgIpc) is 2.43. The van der Waals surface area contributed by atoms with Crippen LogP contribution in [0.3, 0.4) is 0 Å². The Hall–Kier alpha value is -1.07. The number of halogens is 2. The number of benzene rings is 1. The highest BCUT2D eigenvalue weighted by Crippen LogP contribution is 2.40. The lowest BCUT2D eigenvalue weighted by atomic mass is 9.84. The fraction of sp³-hybridized carbons (Fsp3) is 0.467. The smallest absolute Gasteiger partial charge is 0.308 e. The topological polar surface area (TPSA) is 57.6 Å². The van der Waals surface area contributed by atoms with E-state index >= 15 is 0 Å². The second-order valence-corrected chi connectivity index (χ2v) is 6.47. The summed E-state index contributed by atoms with van der Waals surface area (Å²) in [7, 11) is 0. The van der Waals surface area contributed by atoms with Crippen molar-refractivity contribution in [3.63, 3.8) is 0 Å². The molecule has 0 aliphatic carbocycles. The number of nitrogens with zero attached hydrogens (tertiary/aromatic N) is 1. The predicted molar refractivity (Wildman–Crippen MR) is 84.3 cm³/mol. The van der Waals surface area contributed by atoms with E-state index in [1.54, 1.807) is 23.1 Å². The lowest BCUT2D eigenvalue weighted by Crippen LogP contribution is -2.45. The highest BCUT2D eigenvalue weighted by molar-refractivity contribution is 9.10. The van der Waals surface area contributed by atoms with Crippen molar-refractivity contribution >= 4 is 39.4 Å². The molecule has 1 saturated heterocycles. The van der Waals surface area contributed by atoms with Gasteiger partial charge in [0, 0.05) is 22.5 Å². The van der Waals surface area contributed by atoms with E-state index in [1.807, 2.05) is 6.92 Å². The third-order valence-electron chi connectivity index (χ3n) is 3.76. The molecule has 1 aromatic carbocycles. The Morgan fingerprint density at radius 1 is 1.52 bits per heavy atom. The second-order valence-electron chi connectivity index (χ2n) is 5.18. The average molecular weight is 375 g/mol. The van der Waals surface area contributed by atoms with E-state index in [4.69, 9.17) is 11.6 Å². The SMILES string of the molecule is CCCN1C(=O)CCC(C(=O)O)C1c1cc(Cl)ccc1Br. The summed E-state index contributed by atoms with van der Waals surface area (Å²) in [6.45, 7) is 2.52. The summed E-state index contributed by atoms with van der Waals surface area (Å²) in [4.78, 5) is 25.5. The number of likely N-dealkylation sites (tertiary alicyclic amines) is 1. The molecule has 2 unspecified atom stereocenters. The van der Waals surface area contributed by atoms with E-state index in [9.17, 15) is 14.7 Å². The van der Waals surface area contributed by atoms with Gasteiger partial charge in [0.25, 0.3) is 0 Å². The zero-order valence-electron chi connectivity index (χ0n) is 11.7. The molecule has 1 aliphatic heterocycles. The zero-order chi connectivity index (χ0) is 15.6. The molecule has 0 radical (unpaired) electrons. The molecule has 1 aromatic rings. The van der Waals surface area contributed by atoms with Gasteiger partial charge in [-0.2, -0.15) is 0 Å². The molecule has 1 amide bonds. The summed E-state index contributed by atoms with van der Waals surface area (Å²) in [5, 5.41) is 10.1. The van der Waals surface area contributed by atoms with E-state index in [2.05, 4.69) is 15.9 Å². The summed E-state index contributed by atoms with van der Waals surface area (Å²) < 4.78 is 0.777. The van der Waals surface area contributed by atoms with Crippen LogP contribution in [0.5, 0.6) is 0 Å². The van der Waals surface area contributed by atoms with Crippen LogP contribution in [-0.2, 0) is 9.59 Å². The summed E-state index contributed by atoms with van der Waals surface area (Å²) in [5.41, 5.74) is 0.761. The van der Waals surface area contributed by atoms with Crippen LogP contribution in [0.4, 0.5) is 0 Å². The molecule has 21 heavy (non-hydrogen) atoms. The minimum absolute atomic E-state index is 0.00576. The normalized spacial score (nSPS) is 22.4. The summed E-state index contributed by atoms with van der Waals surface area (Å²) in [6, 6.07) is 4.80. The second kappa shape index (κ2) is 6.79. The van der Waals surface area contributed by atoms with Gasteiger partial charge in [0.05, 0.1) is 12.0 Å². The molecule has 6 heteroatoms. The van der Waals surface area contributed by atoms with Crippen molar-refractivity contribution in [2.75, 3.05) is 6.54 Å². The Balaban J connectivity index is 2.51. The van der Waals surface area contributed by atoms with Crippen LogP contribution in [0, 0.1) is 5.92 Å². The molecule has 0 bridgehead atoms. The van der Waals surface area contributed by atoms with Gasteiger partial charge in [-0.1, -0.05) is 34.5 Å². The highest BCUT2D eigenvalue weighted by Gasteiger charge is 2.41. The van der Waals surface area contributed by atoms with Crippen molar-refractivity contribution in [2.24, 2.45) is 5.92 Å². The van der Waals surface area contributed by atoms with Crippen molar-refractivity contribution in [3.8, 4) is 0 Å². The van der Waals surface area contributed by atoms with Crippen molar-refractivity contribution in [1.82, 2.24) is 4.90 Å². The highest BCUT2D eigenvalue weighted by atomic mass is 79.9. The lowest BCUT2D eigenvalue weighted by Gasteiger charge is -2.40. The van der Waals surface area contributed by atoms with Crippen LogP contribution in [0.2, 0.25) is 5.02 Å². The monoisotopic (exact) mass is 373 g/mol. The number of aliphatic carboxylic acids is 1. The van der Waals surface area contributed by atoms with Crippen LogP contribution in [0.15, 0.2) is 22.7 Å². The first-order valence-electron chi connectivity index (χ1n) is 6.93. The van der Waals surface area contributed by atoms with Crippen LogP contribution in [0.25, 0.3) is 0 Å². The number of carbonyl (C=O) groups is 2. The van der Waals surface area contributed by atoms with Gasteiger partial charge in [0.2, 0.25) is 5.91 Å². The molecule has 2 atom stereocenters. The van der Waals surface area contributed by atoms with E-state index in [-0.39, 0.29) is 12.3 Å². The Morgan fingerprint density at radius 2 is 2.24 bits per heavy atom. The number of carbonyl (C=O) groups excluding carboxylic acids is 1. The van der Waals surface area contributed by atoms with Crippen LogP contribution >= 0.6 is 27.5 Å². The molecule has 1 heterocycles. The van der Waals surface area contributed by atoms with E-state index in [0.717, 1.165) is 16.5 Å². The number of piperidine rings is 1. The first-order chi connectivity index (χ1) is 9.95. The van der Waals surface area contributed by atoms with Gasteiger partial charge in [-0.3, -0.25) is 9.59 Å². The van der Waals surface area contributed by atoms with Gasteiger partial charge in [-0.15, -0.1) is 0 Å². The summed E-state index contributed by atoms with van der Waals surface area (Å²) in [6.07, 6.45) is 1.43. The maximum absolute atomic E-state index is 12.2. The Bertz CT molecular complexity index is 564. The van der Waals surface area contributed by atoms with Crippen LogP contribution in [-0.4, -0.2) is 28.4 Å². The Morgan fingerprint density at radius 3 is 2.86 bits per heavy atom. The molecule has 0 saturated carbocycles. The molecular weight excluding hydrogens is 358 g/mol. The Labute approximate surface area is 137 Å². The zero-order valence-corrected chi connectivity index (χ0v) is 14.0. The van der Waals surface area contributed by atoms with Gasteiger partial charge in [0.1, 0.15) is 0 Å². The van der Waals surface area contributed by atoms with Crippen molar-refractivity contribution in [1.29, 1.82) is 0 Å². The quantitative estimate of drug-likeness (QED) is 0.870. The van der Waals surface area contributed by atoms with Gasteiger partial charge in [-0.25, -0.2) is 0 Å². The minimum Gasteiger partial charge on any atom is -0.481 e. The van der Waals surface area contributed by atoms with Gasteiger partial charge < -0.3 is 10.0 Å². The van der Waals surface area contributed by atoms with Gasteiger partial charge >= 0.3 is 5.97 Å². The summed E-state index contributed by atoms with van der Waals surface area (Å²) >= 11 is 9.50. The first-order valence-corrected chi connectivity index (χ1v) is 8.10. The van der Waals surface area contributed by atoms with E-state index in [1.165, 1.54) is 0 Å². The number of carboxylic acid groups (broad SMARTS) is 1. The number of hydrogen-bond donors (Lipinski definition) is 1. The minimum atomic E-state index is -0.875. The predicted octanol–water partition coefficient (Wildman–Crippen LogP) is 3.88. The third kappa shape index (κ3) is 3.40. The lowest BCUT2D eigenvalue weighted by molar-refractivity contribution is -0.152. The van der Waals surface area contributed by atoms with E-state index < -0.39 is 17.9 Å². The molecular formula is C15H17BrClNO3. The number of carboxylic acids is 1. The molecule has 114 valence electrons. The standard InChI is InChI=1S/C15H17BrClNO3/c1-2-7-18-13(19)6-4-10(15(20)21)14(18)11-8-9(17)3-5-12(11)16/h3,5,8,10,14H,2,4,6-7H2,1H3,(H,20,21). The Kier molecular flexibility index (Phi) is 5.27. The first kappa shape index (κ1) is 16.3. The third-order valence-corrected chi connectivity index (χ3v) is 4.72. The molecule has 4 nitrogen and oxygen atoms in total. The summed E-state index contributed by atoms with van der Waals surface area (Å²) in [5.74, 6) is -1.48. The van der Waals surface area contributed by atoms with E-state index in [0.29, 0.717) is 18.0 Å². The van der Waals surface area contributed by atoms with Crippen molar-refractivity contribution < 1.29 is 14.7 Å². The van der Waals surface area contributed by atoms with Gasteiger partial charge in [-0.05, 0) is 36.6 Å². The molecule has 1 N–H and O–H groups in total.